The van der Waals surface area contributed by atoms with Gasteiger partial charge in [0.2, 0.25) is 0 Å². The monoisotopic (exact) mass is 258 g/mol. The van der Waals surface area contributed by atoms with Gasteiger partial charge in [-0.2, -0.15) is 0 Å². The zero-order chi connectivity index (χ0) is 12.2. The molecule has 0 amide bonds. The van der Waals surface area contributed by atoms with Crippen LogP contribution in [0.5, 0.6) is 0 Å². The van der Waals surface area contributed by atoms with Crippen LogP contribution in [0.3, 0.4) is 0 Å². The summed E-state index contributed by atoms with van der Waals surface area (Å²) in [6, 6.07) is 10.6. The highest BCUT2D eigenvalue weighted by molar-refractivity contribution is 7.09. The molecule has 0 radical (unpaired) electrons. The first-order valence-corrected chi connectivity index (χ1v) is 7.49. The number of nitrogens with one attached hydrogen (secondary N) is 1. The molecule has 2 aromatic rings. The summed E-state index contributed by atoms with van der Waals surface area (Å²) in [6.45, 7) is 2.27. The zero-order valence-corrected chi connectivity index (χ0v) is 11.2. The van der Waals surface area contributed by atoms with E-state index in [2.05, 4.69) is 41.0 Å². The maximum Gasteiger partial charge on any atom is 0.0972 e. The van der Waals surface area contributed by atoms with E-state index in [1.54, 1.807) is 11.3 Å². The summed E-state index contributed by atoms with van der Waals surface area (Å²) < 4.78 is 0. The molecule has 1 fully saturated rings. The first-order valence-electron chi connectivity index (χ1n) is 6.61. The number of hydrogen-bond donors (Lipinski definition) is 1. The van der Waals surface area contributed by atoms with Crippen molar-refractivity contribution in [3.63, 3.8) is 0 Å². The summed E-state index contributed by atoms with van der Waals surface area (Å²) in [4.78, 5) is 4.82. The van der Waals surface area contributed by atoms with Crippen molar-refractivity contribution >= 4 is 11.3 Å². The molecule has 94 valence electrons. The summed E-state index contributed by atoms with van der Waals surface area (Å²) in [7, 11) is 0. The Morgan fingerprint density at radius 3 is 2.72 bits per heavy atom. The third-order valence-corrected chi connectivity index (χ3v) is 4.39. The van der Waals surface area contributed by atoms with E-state index in [4.69, 9.17) is 4.98 Å². The van der Waals surface area contributed by atoms with Crippen LogP contribution in [0, 0.1) is 0 Å². The maximum atomic E-state index is 4.82. The predicted octanol–water partition coefficient (Wildman–Crippen LogP) is 3.20. The first kappa shape index (κ1) is 11.9. The third-order valence-electron chi connectivity index (χ3n) is 3.53. The number of benzene rings is 1. The van der Waals surface area contributed by atoms with Crippen LogP contribution in [0.4, 0.5) is 0 Å². The standard InChI is InChI=1S/C15H18N2S/c1-2-4-12(5-3-1)10-15-17-14(11-18-15)13-6-8-16-9-7-13/h1-5,11,13,16H,6-10H2. The van der Waals surface area contributed by atoms with E-state index in [0.717, 1.165) is 19.5 Å². The fourth-order valence-electron chi connectivity index (χ4n) is 2.48. The van der Waals surface area contributed by atoms with Gasteiger partial charge in [-0.15, -0.1) is 11.3 Å². The molecule has 1 aliphatic rings. The molecular weight excluding hydrogens is 240 g/mol. The number of nitrogens with zero attached hydrogens (tertiary/aromatic N) is 1. The molecule has 1 aliphatic heterocycles. The molecule has 0 aliphatic carbocycles. The number of hydrogen-bond acceptors (Lipinski definition) is 3. The van der Waals surface area contributed by atoms with Gasteiger partial charge in [0.05, 0.1) is 10.7 Å². The Morgan fingerprint density at radius 2 is 1.94 bits per heavy atom. The second-order valence-corrected chi connectivity index (χ2v) is 5.80. The average molecular weight is 258 g/mol. The lowest BCUT2D eigenvalue weighted by Crippen LogP contribution is -2.26. The summed E-state index contributed by atoms with van der Waals surface area (Å²) in [6.07, 6.45) is 3.43. The van der Waals surface area contributed by atoms with Crippen molar-refractivity contribution in [2.24, 2.45) is 0 Å². The largest absolute Gasteiger partial charge is 0.317 e. The minimum Gasteiger partial charge on any atom is -0.317 e. The summed E-state index contributed by atoms with van der Waals surface area (Å²) in [5, 5.41) is 6.91. The van der Waals surface area contributed by atoms with E-state index in [-0.39, 0.29) is 0 Å². The molecule has 0 spiro atoms. The smallest absolute Gasteiger partial charge is 0.0972 e. The Morgan fingerprint density at radius 1 is 1.17 bits per heavy atom. The number of piperidine rings is 1. The normalized spacial score (nSPS) is 16.9. The highest BCUT2D eigenvalue weighted by Crippen LogP contribution is 2.27. The first-order chi connectivity index (χ1) is 8.92. The van der Waals surface area contributed by atoms with Gasteiger partial charge in [0.25, 0.3) is 0 Å². The van der Waals surface area contributed by atoms with Gasteiger partial charge in [0.1, 0.15) is 0 Å². The molecule has 0 atom stereocenters. The average Bonchev–Trinajstić information content (AvgIpc) is 2.89. The fraction of sp³-hybridized carbons (Fsp3) is 0.400. The van der Waals surface area contributed by atoms with Gasteiger partial charge in [0, 0.05) is 17.7 Å². The lowest BCUT2D eigenvalue weighted by molar-refractivity contribution is 0.454. The van der Waals surface area contributed by atoms with Crippen molar-refractivity contribution in [3.05, 3.63) is 52.0 Å². The van der Waals surface area contributed by atoms with Crippen LogP contribution in [-0.2, 0) is 6.42 Å². The van der Waals surface area contributed by atoms with E-state index in [9.17, 15) is 0 Å². The molecule has 1 N–H and O–H groups in total. The van der Waals surface area contributed by atoms with Gasteiger partial charge in [-0.3, -0.25) is 0 Å². The number of aromatic nitrogens is 1. The predicted molar refractivity (Wildman–Crippen MR) is 76.2 cm³/mol. The Hall–Kier alpha value is -1.19. The quantitative estimate of drug-likeness (QED) is 0.914. The molecule has 3 heteroatoms. The number of rotatable bonds is 3. The Labute approximate surface area is 112 Å². The zero-order valence-electron chi connectivity index (χ0n) is 10.4. The second kappa shape index (κ2) is 5.63. The van der Waals surface area contributed by atoms with E-state index >= 15 is 0 Å². The fourth-order valence-corrected chi connectivity index (χ4v) is 3.39. The van der Waals surface area contributed by atoms with Gasteiger partial charge in [0.15, 0.2) is 0 Å². The highest BCUT2D eigenvalue weighted by Gasteiger charge is 2.17. The van der Waals surface area contributed by atoms with Gasteiger partial charge < -0.3 is 5.32 Å². The maximum absolute atomic E-state index is 4.82. The summed E-state index contributed by atoms with van der Waals surface area (Å²) in [5.41, 5.74) is 2.66. The van der Waals surface area contributed by atoms with E-state index < -0.39 is 0 Å². The van der Waals surface area contributed by atoms with Crippen LogP contribution in [-0.4, -0.2) is 18.1 Å². The van der Waals surface area contributed by atoms with Crippen molar-refractivity contribution in [2.75, 3.05) is 13.1 Å². The molecule has 18 heavy (non-hydrogen) atoms. The van der Waals surface area contributed by atoms with Crippen molar-refractivity contribution in [3.8, 4) is 0 Å². The molecule has 0 unspecified atom stereocenters. The summed E-state index contributed by atoms with van der Waals surface area (Å²) >= 11 is 1.81. The molecule has 2 nitrogen and oxygen atoms in total. The highest BCUT2D eigenvalue weighted by atomic mass is 32.1. The van der Waals surface area contributed by atoms with E-state index in [1.807, 2.05) is 0 Å². The van der Waals surface area contributed by atoms with E-state index in [0.29, 0.717) is 5.92 Å². The molecule has 3 rings (SSSR count). The van der Waals surface area contributed by atoms with Crippen LogP contribution in [0.2, 0.25) is 0 Å². The Kier molecular flexibility index (Phi) is 3.72. The topological polar surface area (TPSA) is 24.9 Å². The van der Waals surface area contributed by atoms with Gasteiger partial charge >= 0.3 is 0 Å². The molecule has 0 saturated carbocycles. The molecule has 1 aromatic heterocycles. The lowest BCUT2D eigenvalue weighted by Gasteiger charge is -2.20. The molecule has 2 heterocycles. The number of thiazole rings is 1. The Balaban J connectivity index is 1.69. The molecule has 1 saturated heterocycles. The van der Waals surface area contributed by atoms with Crippen LogP contribution in [0.1, 0.15) is 35.0 Å². The summed E-state index contributed by atoms with van der Waals surface area (Å²) in [5.74, 6) is 0.673. The lowest BCUT2D eigenvalue weighted by atomic mass is 9.95. The minimum absolute atomic E-state index is 0.673. The van der Waals surface area contributed by atoms with Crippen LogP contribution in [0.25, 0.3) is 0 Å². The van der Waals surface area contributed by atoms with Crippen molar-refractivity contribution in [1.29, 1.82) is 0 Å². The van der Waals surface area contributed by atoms with Crippen LogP contribution in [0.15, 0.2) is 35.7 Å². The van der Waals surface area contributed by atoms with Gasteiger partial charge in [-0.25, -0.2) is 4.98 Å². The van der Waals surface area contributed by atoms with Crippen LogP contribution < -0.4 is 5.32 Å². The van der Waals surface area contributed by atoms with Crippen LogP contribution >= 0.6 is 11.3 Å². The third kappa shape index (κ3) is 2.79. The second-order valence-electron chi connectivity index (χ2n) is 4.85. The minimum atomic E-state index is 0.673. The van der Waals surface area contributed by atoms with Crippen molar-refractivity contribution in [1.82, 2.24) is 10.3 Å². The van der Waals surface area contributed by atoms with E-state index in [1.165, 1.54) is 29.1 Å². The van der Waals surface area contributed by atoms with Crippen molar-refractivity contribution < 1.29 is 0 Å². The molecule has 0 bridgehead atoms. The van der Waals surface area contributed by atoms with Gasteiger partial charge in [-0.1, -0.05) is 30.3 Å². The Bertz CT molecular complexity index is 486. The molecule has 1 aromatic carbocycles. The van der Waals surface area contributed by atoms with Gasteiger partial charge in [-0.05, 0) is 31.5 Å². The van der Waals surface area contributed by atoms with Crippen molar-refractivity contribution in [2.45, 2.75) is 25.2 Å². The molecular formula is C15H18N2S. The SMILES string of the molecule is c1ccc(Cc2nc(C3CCNCC3)cs2)cc1.